The number of urea groups is 1. The molecule has 5 nitrogen and oxygen atoms in total. The summed E-state index contributed by atoms with van der Waals surface area (Å²) in [5.74, 6) is 0.615. The van der Waals surface area contributed by atoms with E-state index in [0.717, 1.165) is 18.8 Å². The molecule has 2 aromatic rings. The normalized spacial score (nSPS) is 13.6. The minimum absolute atomic E-state index is 0.253. The van der Waals surface area contributed by atoms with Crippen molar-refractivity contribution < 1.29 is 9.53 Å². The van der Waals surface area contributed by atoms with Gasteiger partial charge in [-0.2, -0.15) is 0 Å². The number of ether oxygens (including phenoxy) is 1. The molecule has 0 aromatic heterocycles. The Morgan fingerprint density at radius 3 is 2.52 bits per heavy atom. The van der Waals surface area contributed by atoms with Crippen molar-refractivity contribution in [2.75, 3.05) is 36.5 Å². The lowest BCUT2D eigenvalue weighted by atomic mass is 10.2. The quantitative estimate of drug-likeness (QED) is 0.762. The Kier molecular flexibility index (Phi) is 6.01. The van der Waals surface area contributed by atoms with Crippen molar-refractivity contribution in [3.63, 3.8) is 0 Å². The van der Waals surface area contributed by atoms with Crippen molar-refractivity contribution in [2.24, 2.45) is 0 Å². The molecule has 1 aliphatic rings. The van der Waals surface area contributed by atoms with Crippen LogP contribution in [0.3, 0.4) is 0 Å². The fourth-order valence-corrected chi connectivity index (χ4v) is 2.98. The number of halogens is 1. The van der Waals surface area contributed by atoms with E-state index in [9.17, 15) is 4.79 Å². The van der Waals surface area contributed by atoms with E-state index in [-0.39, 0.29) is 6.03 Å². The van der Waals surface area contributed by atoms with Crippen LogP contribution in [0.25, 0.3) is 0 Å². The van der Waals surface area contributed by atoms with Crippen molar-refractivity contribution >= 4 is 29.0 Å². The van der Waals surface area contributed by atoms with Gasteiger partial charge in [0.2, 0.25) is 0 Å². The number of benzene rings is 2. The Morgan fingerprint density at radius 2 is 1.80 bits per heavy atom. The summed E-state index contributed by atoms with van der Waals surface area (Å²) in [7, 11) is 0. The zero-order valence-electron chi connectivity index (χ0n) is 14.0. The average molecular weight is 360 g/mol. The van der Waals surface area contributed by atoms with Gasteiger partial charge in [0.25, 0.3) is 0 Å². The summed E-state index contributed by atoms with van der Waals surface area (Å²) in [6, 6.07) is 14.9. The van der Waals surface area contributed by atoms with Gasteiger partial charge in [0, 0.05) is 24.5 Å². The number of nitrogens with zero attached hydrogens (tertiary/aromatic N) is 1. The zero-order valence-corrected chi connectivity index (χ0v) is 14.8. The van der Waals surface area contributed by atoms with E-state index in [1.54, 1.807) is 12.1 Å². The molecule has 1 fully saturated rings. The first-order valence-corrected chi connectivity index (χ1v) is 8.87. The third-order valence-corrected chi connectivity index (χ3v) is 4.39. The fraction of sp³-hybridized carbons (Fsp3) is 0.316. The number of rotatable bonds is 6. The molecule has 2 aromatic carbocycles. The highest BCUT2D eigenvalue weighted by Gasteiger charge is 2.12. The minimum atomic E-state index is -0.253. The van der Waals surface area contributed by atoms with Crippen molar-refractivity contribution in [1.82, 2.24) is 5.32 Å². The van der Waals surface area contributed by atoms with Crippen LogP contribution in [0.1, 0.15) is 12.8 Å². The molecule has 25 heavy (non-hydrogen) atoms. The van der Waals surface area contributed by atoms with Crippen LogP contribution in [0.4, 0.5) is 16.2 Å². The lowest BCUT2D eigenvalue weighted by Crippen LogP contribution is -2.32. The topological polar surface area (TPSA) is 53.6 Å². The van der Waals surface area contributed by atoms with E-state index in [0.29, 0.717) is 23.9 Å². The molecule has 0 aliphatic carbocycles. The predicted molar refractivity (Wildman–Crippen MR) is 102 cm³/mol. The molecule has 0 saturated carbocycles. The number of carbonyl (C=O) groups is 1. The predicted octanol–water partition coefficient (Wildman–Crippen LogP) is 4.14. The highest BCUT2D eigenvalue weighted by atomic mass is 35.5. The van der Waals surface area contributed by atoms with Gasteiger partial charge in [-0.3, -0.25) is 0 Å². The molecular weight excluding hydrogens is 338 g/mol. The van der Waals surface area contributed by atoms with E-state index in [4.69, 9.17) is 16.3 Å². The zero-order chi connectivity index (χ0) is 17.5. The second-order valence-electron chi connectivity index (χ2n) is 5.90. The fourth-order valence-electron chi connectivity index (χ4n) is 2.79. The maximum Gasteiger partial charge on any atom is 0.319 e. The van der Waals surface area contributed by atoms with E-state index >= 15 is 0 Å². The molecule has 0 bridgehead atoms. The number of hydrogen-bond donors (Lipinski definition) is 2. The van der Waals surface area contributed by atoms with Crippen LogP contribution in [0.15, 0.2) is 48.5 Å². The van der Waals surface area contributed by atoms with Crippen molar-refractivity contribution in [1.29, 1.82) is 0 Å². The molecule has 0 unspecified atom stereocenters. The standard InChI is InChI=1S/C19H22ClN3O2/c20-17-5-1-2-6-18(17)25-14-11-21-19(24)22-15-7-9-16(10-8-15)23-12-3-4-13-23/h1-2,5-10H,3-4,11-14H2,(H2,21,22,24). The van der Waals surface area contributed by atoms with E-state index in [1.165, 1.54) is 18.5 Å². The van der Waals surface area contributed by atoms with Gasteiger partial charge in [0.15, 0.2) is 0 Å². The summed E-state index contributed by atoms with van der Waals surface area (Å²) < 4.78 is 5.53. The minimum Gasteiger partial charge on any atom is -0.490 e. The Bertz CT molecular complexity index is 700. The van der Waals surface area contributed by atoms with Gasteiger partial charge in [0.1, 0.15) is 12.4 Å². The highest BCUT2D eigenvalue weighted by molar-refractivity contribution is 6.32. The summed E-state index contributed by atoms with van der Waals surface area (Å²) in [6.07, 6.45) is 2.50. The van der Waals surface area contributed by atoms with Crippen LogP contribution in [-0.2, 0) is 0 Å². The van der Waals surface area contributed by atoms with Crippen molar-refractivity contribution in [3.8, 4) is 5.75 Å². The SMILES string of the molecule is O=C(NCCOc1ccccc1Cl)Nc1ccc(N2CCCC2)cc1. The smallest absolute Gasteiger partial charge is 0.319 e. The lowest BCUT2D eigenvalue weighted by molar-refractivity contribution is 0.247. The molecular formula is C19H22ClN3O2. The van der Waals surface area contributed by atoms with Gasteiger partial charge in [-0.15, -0.1) is 0 Å². The Labute approximate surface area is 152 Å². The van der Waals surface area contributed by atoms with Crippen LogP contribution in [0, 0.1) is 0 Å². The van der Waals surface area contributed by atoms with Crippen LogP contribution in [-0.4, -0.2) is 32.3 Å². The van der Waals surface area contributed by atoms with Gasteiger partial charge >= 0.3 is 6.03 Å². The second kappa shape index (κ2) is 8.62. The first-order valence-electron chi connectivity index (χ1n) is 8.49. The van der Waals surface area contributed by atoms with Gasteiger partial charge in [-0.1, -0.05) is 23.7 Å². The number of amides is 2. The lowest BCUT2D eigenvalue weighted by Gasteiger charge is -2.17. The summed E-state index contributed by atoms with van der Waals surface area (Å²) in [5, 5.41) is 6.14. The molecule has 6 heteroatoms. The van der Waals surface area contributed by atoms with E-state index in [2.05, 4.69) is 15.5 Å². The van der Waals surface area contributed by atoms with Gasteiger partial charge in [-0.25, -0.2) is 4.79 Å². The summed E-state index contributed by atoms with van der Waals surface area (Å²) >= 11 is 6.00. The molecule has 132 valence electrons. The van der Waals surface area contributed by atoms with E-state index in [1.807, 2.05) is 36.4 Å². The molecule has 2 amide bonds. The first kappa shape index (κ1) is 17.4. The second-order valence-corrected chi connectivity index (χ2v) is 6.31. The molecule has 1 saturated heterocycles. The summed E-state index contributed by atoms with van der Waals surface area (Å²) in [6.45, 7) is 2.96. The Balaban J connectivity index is 1.39. The molecule has 3 rings (SSSR count). The highest BCUT2D eigenvalue weighted by Crippen LogP contribution is 2.23. The van der Waals surface area contributed by atoms with E-state index < -0.39 is 0 Å². The van der Waals surface area contributed by atoms with Crippen LogP contribution < -0.4 is 20.3 Å². The first-order chi connectivity index (χ1) is 12.2. The average Bonchev–Trinajstić information content (AvgIpc) is 3.15. The third-order valence-electron chi connectivity index (χ3n) is 4.08. The monoisotopic (exact) mass is 359 g/mol. The molecule has 1 aliphatic heterocycles. The number of para-hydroxylation sites is 1. The van der Waals surface area contributed by atoms with Gasteiger partial charge in [-0.05, 0) is 49.2 Å². The molecule has 2 N–H and O–H groups in total. The molecule has 0 radical (unpaired) electrons. The Morgan fingerprint density at radius 1 is 1.08 bits per heavy atom. The third kappa shape index (κ3) is 5.03. The van der Waals surface area contributed by atoms with Crippen LogP contribution in [0.2, 0.25) is 5.02 Å². The van der Waals surface area contributed by atoms with Gasteiger partial charge in [0.05, 0.1) is 11.6 Å². The number of anilines is 2. The van der Waals surface area contributed by atoms with Crippen molar-refractivity contribution in [2.45, 2.75) is 12.8 Å². The maximum atomic E-state index is 11.9. The number of carbonyl (C=O) groups excluding carboxylic acids is 1. The van der Waals surface area contributed by atoms with Gasteiger partial charge < -0.3 is 20.3 Å². The number of nitrogens with one attached hydrogen (secondary N) is 2. The maximum absolute atomic E-state index is 11.9. The number of hydrogen-bond acceptors (Lipinski definition) is 3. The van der Waals surface area contributed by atoms with Crippen molar-refractivity contribution in [3.05, 3.63) is 53.6 Å². The largest absolute Gasteiger partial charge is 0.490 e. The van der Waals surface area contributed by atoms with Crippen LogP contribution in [0.5, 0.6) is 5.75 Å². The summed E-state index contributed by atoms with van der Waals surface area (Å²) in [5.41, 5.74) is 1.98. The van der Waals surface area contributed by atoms with Crippen LogP contribution >= 0.6 is 11.6 Å². The molecule has 0 atom stereocenters. The molecule has 1 heterocycles. The molecule has 0 spiro atoms. The Hall–Kier alpha value is -2.40. The summed E-state index contributed by atoms with van der Waals surface area (Å²) in [4.78, 5) is 14.3.